The van der Waals surface area contributed by atoms with Gasteiger partial charge in [0.2, 0.25) is 6.79 Å². The standard InChI is InChI=1S/C16H16ClNO3/c1-9-3-4-14(19)11(5-9)10(2)18-13-7-16-15(6-12(13)17)20-8-21-16/h3-7,10,18-19H,8H2,1-2H3. The van der Waals surface area contributed by atoms with E-state index in [9.17, 15) is 5.11 Å². The quantitative estimate of drug-likeness (QED) is 0.890. The van der Waals surface area contributed by atoms with Crippen molar-refractivity contribution in [3.63, 3.8) is 0 Å². The Labute approximate surface area is 128 Å². The molecule has 5 heteroatoms. The zero-order valence-corrected chi connectivity index (χ0v) is 12.6. The maximum absolute atomic E-state index is 9.99. The number of aromatic hydroxyl groups is 1. The summed E-state index contributed by atoms with van der Waals surface area (Å²) in [4.78, 5) is 0. The van der Waals surface area contributed by atoms with Crippen LogP contribution in [-0.4, -0.2) is 11.9 Å². The molecule has 1 aliphatic heterocycles. The summed E-state index contributed by atoms with van der Waals surface area (Å²) in [5.41, 5.74) is 2.66. The van der Waals surface area contributed by atoms with Gasteiger partial charge in [-0.05, 0) is 19.9 Å². The van der Waals surface area contributed by atoms with E-state index in [4.69, 9.17) is 21.1 Å². The van der Waals surface area contributed by atoms with Gasteiger partial charge >= 0.3 is 0 Å². The van der Waals surface area contributed by atoms with Crippen LogP contribution in [-0.2, 0) is 0 Å². The van der Waals surface area contributed by atoms with Gasteiger partial charge in [0, 0.05) is 17.7 Å². The van der Waals surface area contributed by atoms with Gasteiger partial charge in [0.25, 0.3) is 0 Å². The lowest BCUT2D eigenvalue weighted by atomic mass is 10.0. The highest BCUT2D eigenvalue weighted by Crippen LogP contribution is 2.40. The molecule has 0 fully saturated rings. The van der Waals surface area contributed by atoms with Crippen LogP contribution in [0.5, 0.6) is 17.2 Å². The Morgan fingerprint density at radius 3 is 2.67 bits per heavy atom. The number of phenolic OH excluding ortho intramolecular Hbond substituents is 1. The SMILES string of the molecule is Cc1ccc(O)c(C(C)Nc2cc3c(cc2Cl)OCO3)c1. The molecule has 21 heavy (non-hydrogen) atoms. The largest absolute Gasteiger partial charge is 0.508 e. The molecule has 0 aromatic heterocycles. The molecule has 3 rings (SSSR count). The molecular formula is C16H16ClNO3. The predicted octanol–water partition coefficient (Wildman–Crippen LogP) is 4.26. The van der Waals surface area contributed by atoms with Gasteiger partial charge in [-0.2, -0.15) is 0 Å². The summed E-state index contributed by atoms with van der Waals surface area (Å²) in [6.45, 7) is 4.17. The minimum Gasteiger partial charge on any atom is -0.508 e. The molecule has 1 aliphatic rings. The van der Waals surface area contributed by atoms with E-state index in [1.54, 1.807) is 12.1 Å². The normalized spacial score (nSPS) is 14.0. The second-order valence-electron chi connectivity index (χ2n) is 5.11. The average molecular weight is 306 g/mol. The molecule has 0 bridgehead atoms. The first-order valence-corrected chi connectivity index (χ1v) is 7.07. The Bertz CT molecular complexity index is 687. The number of anilines is 1. The van der Waals surface area contributed by atoms with E-state index in [-0.39, 0.29) is 18.6 Å². The van der Waals surface area contributed by atoms with Crippen molar-refractivity contribution in [3.8, 4) is 17.2 Å². The number of aryl methyl sites for hydroxylation is 1. The molecule has 1 atom stereocenters. The van der Waals surface area contributed by atoms with E-state index >= 15 is 0 Å². The van der Waals surface area contributed by atoms with Crippen LogP contribution in [0.25, 0.3) is 0 Å². The van der Waals surface area contributed by atoms with Crippen LogP contribution < -0.4 is 14.8 Å². The third kappa shape index (κ3) is 2.72. The van der Waals surface area contributed by atoms with Crippen LogP contribution in [0, 0.1) is 6.92 Å². The van der Waals surface area contributed by atoms with Crippen LogP contribution in [0.15, 0.2) is 30.3 Å². The maximum atomic E-state index is 9.99. The first kappa shape index (κ1) is 13.9. The van der Waals surface area contributed by atoms with Crippen LogP contribution >= 0.6 is 11.6 Å². The fourth-order valence-corrected chi connectivity index (χ4v) is 2.57. The third-order valence-electron chi connectivity index (χ3n) is 3.48. The van der Waals surface area contributed by atoms with Crippen molar-refractivity contribution in [2.45, 2.75) is 19.9 Å². The van der Waals surface area contributed by atoms with Gasteiger partial charge in [-0.1, -0.05) is 29.3 Å². The molecule has 0 aliphatic carbocycles. The van der Waals surface area contributed by atoms with Crippen molar-refractivity contribution in [1.29, 1.82) is 0 Å². The number of fused-ring (bicyclic) bond motifs is 1. The monoisotopic (exact) mass is 305 g/mol. The number of hydrogen-bond acceptors (Lipinski definition) is 4. The molecule has 1 heterocycles. The molecule has 2 N–H and O–H groups in total. The summed E-state index contributed by atoms with van der Waals surface area (Å²) in [7, 11) is 0. The summed E-state index contributed by atoms with van der Waals surface area (Å²) >= 11 is 6.25. The van der Waals surface area contributed by atoms with Gasteiger partial charge in [0.1, 0.15) is 5.75 Å². The minimum atomic E-state index is -0.0947. The van der Waals surface area contributed by atoms with Crippen molar-refractivity contribution >= 4 is 17.3 Å². The lowest BCUT2D eigenvalue weighted by Crippen LogP contribution is -2.07. The summed E-state index contributed by atoms with van der Waals surface area (Å²) < 4.78 is 10.6. The molecule has 0 amide bonds. The van der Waals surface area contributed by atoms with E-state index in [1.807, 2.05) is 32.0 Å². The van der Waals surface area contributed by atoms with Crippen LogP contribution in [0.3, 0.4) is 0 Å². The van der Waals surface area contributed by atoms with Crippen molar-refractivity contribution in [2.75, 3.05) is 12.1 Å². The lowest BCUT2D eigenvalue weighted by Gasteiger charge is -2.18. The second kappa shape index (κ2) is 5.37. The van der Waals surface area contributed by atoms with Gasteiger partial charge in [0.15, 0.2) is 11.5 Å². The highest BCUT2D eigenvalue weighted by Gasteiger charge is 2.18. The van der Waals surface area contributed by atoms with E-state index in [2.05, 4.69) is 5.32 Å². The summed E-state index contributed by atoms with van der Waals surface area (Å²) in [5.74, 6) is 1.58. The molecule has 0 radical (unpaired) electrons. The van der Waals surface area contributed by atoms with E-state index in [0.29, 0.717) is 16.5 Å². The third-order valence-corrected chi connectivity index (χ3v) is 3.80. The smallest absolute Gasteiger partial charge is 0.231 e. The molecule has 0 saturated carbocycles. The fourth-order valence-electron chi connectivity index (χ4n) is 2.36. The van der Waals surface area contributed by atoms with Gasteiger partial charge in [-0.25, -0.2) is 0 Å². The Morgan fingerprint density at radius 1 is 1.19 bits per heavy atom. The lowest BCUT2D eigenvalue weighted by molar-refractivity contribution is 0.174. The molecule has 4 nitrogen and oxygen atoms in total. The first-order chi connectivity index (χ1) is 10.0. The van der Waals surface area contributed by atoms with Crippen LogP contribution in [0.2, 0.25) is 5.02 Å². The van der Waals surface area contributed by atoms with Gasteiger partial charge in [-0.15, -0.1) is 0 Å². The fraction of sp³-hybridized carbons (Fsp3) is 0.250. The predicted molar refractivity (Wildman–Crippen MR) is 82.5 cm³/mol. The molecular weight excluding hydrogens is 290 g/mol. The summed E-state index contributed by atoms with van der Waals surface area (Å²) in [5, 5.41) is 13.8. The van der Waals surface area contributed by atoms with E-state index < -0.39 is 0 Å². The van der Waals surface area contributed by atoms with Gasteiger partial charge in [0.05, 0.1) is 16.8 Å². The first-order valence-electron chi connectivity index (χ1n) is 6.70. The van der Waals surface area contributed by atoms with Crippen LogP contribution in [0.1, 0.15) is 24.1 Å². The molecule has 2 aromatic carbocycles. The van der Waals surface area contributed by atoms with Gasteiger partial charge < -0.3 is 19.9 Å². The Kier molecular flexibility index (Phi) is 3.55. The number of ether oxygens (including phenoxy) is 2. The molecule has 0 spiro atoms. The van der Waals surface area contributed by atoms with Crippen molar-refractivity contribution in [1.82, 2.24) is 0 Å². The Balaban J connectivity index is 1.88. The molecule has 2 aromatic rings. The summed E-state index contributed by atoms with van der Waals surface area (Å²) in [6.07, 6.45) is 0. The number of nitrogens with one attached hydrogen (secondary N) is 1. The van der Waals surface area contributed by atoms with Crippen molar-refractivity contribution in [3.05, 3.63) is 46.5 Å². The molecule has 0 saturated heterocycles. The number of hydrogen-bond donors (Lipinski definition) is 2. The Hall–Kier alpha value is -2.07. The number of rotatable bonds is 3. The Morgan fingerprint density at radius 2 is 1.90 bits per heavy atom. The number of halogens is 1. The topological polar surface area (TPSA) is 50.7 Å². The highest BCUT2D eigenvalue weighted by atomic mass is 35.5. The maximum Gasteiger partial charge on any atom is 0.231 e. The zero-order valence-electron chi connectivity index (χ0n) is 11.8. The molecule has 1 unspecified atom stereocenters. The molecule has 110 valence electrons. The number of phenols is 1. The van der Waals surface area contributed by atoms with E-state index in [1.165, 1.54) is 0 Å². The minimum absolute atomic E-state index is 0.0947. The van der Waals surface area contributed by atoms with Crippen molar-refractivity contribution in [2.24, 2.45) is 0 Å². The van der Waals surface area contributed by atoms with Gasteiger partial charge in [-0.3, -0.25) is 0 Å². The van der Waals surface area contributed by atoms with Crippen LogP contribution in [0.4, 0.5) is 5.69 Å². The summed E-state index contributed by atoms with van der Waals surface area (Å²) in [6, 6.07) is 8.97. The number of benzene rings is 2. The van der Waals surface area contributed by atoms with Crippen molar-refractivity contribution < 1.29 is 14.6 Å². The highest BCUT2D eigenvalue weighted by molar-refractivity contribution is 6.33. The zero-order chi connectivity index (χ0) is 15.0. The van der Waals surface area contributed by atoms with E-state index in [0.717, 1.165) is 16.8 Å². The average Bonchev–Trinajstić information content (AvgIpc) is 2.88. The second-order valence-corrected chi connectivity index (χ2v) is 5.52.